The molecule has 0 atom stereocenters. The van der Waals surface area contributed by atoms with Crippen molar-refractivity contribution in [1.29, 1.82) is 0 Å². The Bertz CT molecular complexity index is 692. The molecule has 0 radical (unpaired) electrons. The van der Waals surface area contributed by atoms with Crippen molar-refractivity contribution in [2.24, 2.45) is 4.99 Å². The molecule has 0 unspecified atom stereocenters. The van der Waals surface area contributed by atoms with Crippen LogP contribution >= 0.6 is 15.9 Å². The fourth-order valence-electron chi connectivity index (χ4n) is 1.72. The van der Waals surface area contributed by atoms with E-state index in [9.17, 15) is 14.0 Å². The van der Waals surface area contributed by atoms with E-state index in [1.54, 1.807) is 53.7 Å². The number of hydrogen-bond acceptors (Lipinski definition) is 5. The number of alkyl carbamates (subject to hydrolysis) is 2. The van der Waals surface area contributed by atoms with Crippen LogP contribution in [0.4, 0.5) is 14.0 Å². The van der Waals surface area contributed by atoms with E-state index in [4.69, 9.17) is 9.47 Å². The lowest BCUT2D eigenvalue weighted by Gasteiger charge is -2.22. The van der Waals surface area contributed by atoms with Gasteiger partial charge < -0.3 is 9.47 Å². The molecule has 2 amide bonds. The summed E-state index contributed by atoms with van der Waals surface area (Å²) < 4.78 is 23.9. The van der Waals surface area contributed by atoms with Crippen LogP contribution in [0.5, 0.6) is 0 Å². The Morgan fingerprint density at radius 2 is 1.52 bits per heavy atom. The topological polar surface area (TPSA) is 89.0 Å². The second-order valence-corrected chi connectivity index (χ2v) is 8.52. The number of aliphatic imine (C=N–C) groups is 1. The molecule has 2 N–H and O–H groups in total. The quantitative estimate of drug-likeness (QED) is 0.518. The van der Waals surface area contributed by atoms with E-state index in [1.165, 1.54) is 6.07 Å². The number of ether oxygens (including phenoxy) is 2. The zero-order valence-corrected chi connectivity index (χ0v) is 17.9. The minimum absolute atomic E-state index is 0.0831. The average molecular weight is 446 g/mol. The maximum Gasteiger partial charge on any atom is 0.414 e. The average Bonchev–Trinajstić information content (AvgIpc) is 2.44. The summed E-state index contributed by atoms with van der Waals surface area (Å²) in [4.78, 5) is 28.1. The Hall–Kier alpha value is -2.16. The predicted molar refractivity (Wildman–Crippen MR) is 104 cm³/mol. The molecule has 7 nitrogen and oxygen atoms in total. The summed E-state index contributed by atoms with van der Waals surface area (Å²) in [7, 11) is 0. The van der Waals surface area contributed by atoms with Gasteiger partial charge in [0, 0.05) is 0 Å². The number of benzene rings is 1. The normalized spacial score (nSPS) is 11.4. The van der Waals surface area contributed by atoms with Gasteiger partial charge >= 0.3 is 12.2 Å². The SMILES string of the molecule is CC(C)(C)OC(=O)NC(=NCc1ccc(F)c(Br)c1)NC(=O)OC(C)(C)C. The number of nitrogens with zero attached hydrogens (tertiary/aromatic N) is 1. The molecule has 0 aliphatic rings. The van der Waals surface area contributed by atoms with E-state index in [0.29, 0.717) is 5.56 Å². The van der Waals surface area contributed by atoms with Crippen molar-refractivity contribution >= 4 is 34.1 Å². The highest BCUT2D eigenvalue weighted by atomic mass is 79.9. The summed E-state index contributed by atoms with van der Waals surface area (Å²) in [5.74, 6) is -0.541. The van der Waals surface area contributed by atoms with Gasteiger partial charge in [-0.15, -0.1) is 0 Å². The molecule has 0 aliphatic carbocycles. The number of carbonyl (C=O) groups excluding carboxylic acids is 2. The second-order valence-electron chi connectivity index (χ2n) is 7.67. The molecule has 1 aromatic rings. The Labute approximate surface area is 166 Å². The summed E-state index contributed by atoms with van der Waals surface area (Å²) in [6.45, 7) is 10.3. The third-order valence-corrected chi connectivity index (χ3v) is 3.25. The molecule has 9 heteroatoms. The zero-order valence-electron chi connectivity index (χ0n) is 16.3. The van der Waals surface area contributed by atoms with E-state index in [-0.39, 0.29) is 17.0 Å². The molecule has 0 saturated heterocycles. The van der Waals surface area contributed by atoms with Gasteiger partial charge in [0.05, 0.1) is 11.0 Å². The van der Waals surface area contributed by atoms with Crippen LogP contribution in [0.2, 0.25) is 0 Å². The van der Waals surface area contributed by atoms with Gasteiger partial charge in [-0.3, -0.25) is 10.6 Å². The summed E-state index contributed by atoms with van der Waals surface area (Å²) in [5.41, 5.74) is -0.774. The molecule has 0 fully saturated rings. The zero-order chi connectivity index (χ0) is 20.8. The van der Waals surface area contributed by atoms with Crippen LogP contribution in [0.3, 0.4) is 0 Å². The minimum Gasteiger partial charge on any atom is -0.444 e. The van der Waals surface area contributed by atoms with Crippen molar-refractivity contribution in [3.05, 3.63) is 34.1 Å². The lowest BCUT2D eigenvalue weighted by Crippen LogP contribution is -2.47. The molecule has 0 bridgehead atoms. The number of nitrogens with one attached hydrogen (secondary N) is 2. The Balaban J connectivity index is 2.92. The first-order chi connectivity index (χ1) is 12.2. The maximum absolute atomic E-state index is 13.3. The van der Waals surface area contributed by atoms with Gasteiger partial charge in [-0.05, 0) is 75.2 Å². The number of amides is 2. The van der Waals surface area contributed by atoms with Gasteiger partial charge in [0.1, 0.15) is 17.0 Å². The lowest BCUT2D eigenvalue weighted by atomic mass is 10.2. The number of rotatable bonds is 2. The first kappa shape index (κ1) is 22.9. The summed E-state index contributed by atoms with van der Waals surface area (Å²) in [5, 5.41) is 4.76. The number of carbonyl (C=O) groups is 2. The van der Waals surface area contributed by atoms with Crippen LogP contribution in [0.15, 0.2) is 27.7 Å². The fourth-order valence-corrected chi connectivity index (χ4v) is 2.15. The van der Waals surface area contributed by atoms with Crippen molar-refractivity contribution in [2.75, 3.05) is 0 Å². The predicted octanol–water partition coefficient (Wildman–Crippen LogP) is 4.49. The van der Waals surface area contributed by atoms with Crippen molar-refractivity contribution in [1.82, 2.24) is 10.6 Å². The number of guanidine groups is 1. The van der Waals surface area contributed by atoms with Gasteiger partial charge in [-0.25, -0.2) is 19.0 Å². The largest absolute Gasteiger partial charge is 0.444 e. The third kappa shape index (κ3) is 9.93. The maximum atomic E-state index is 13.3. The molecular formula is C18H25BrFN3O4. The molecule has 150 valence electrons. The smallest absolute Gasteiger partial charge is 0.414 e. The molecule has 0 heterocycles. The summed E-state index contributed by atoms with van der Waals surface area (Å²) in [6.07, 6.45) is -1.56. The van der Waals surface area contributed by atoms with Crippen molar-refractivity contribution < 1.29 is 23.5 Å². The van der Waals surface area contributed by atoms with Gasteiger partial charge in [-0.2, -0.15) is 0 Å². The van der Waals surface area contributed by atoms with Gasteiger partial charge in [0.2, 0.25) is 5.96 Å². The molecule has 27 heavy (non-hydrogen) atoms. The summed E-state index contributed by atoms with van der Waals surface area (Å²) in [6, 6.07) is 4.39. The molecular weight excluding hydrogens is 421 g/mol. The molecule has 1 aromatic carbocycles. The van der Waals surface area contributed by atoms with E-state index in [1.807, 2.05) is 0 Å². The van der Waals surface area contributed by atoms with E-state index in [2.05, 4.69) is 31.6 Å². The van der Waals surface area contributed by atoms with Gasteiger partial charge in [0.15, 0.2) is 0 Å². The van der Waals surface area contributed by atoms with Crippen molar-refractivity contribution in [2.45, 2.75) is 59.3 Å². The van der Waals surface area contributed by atoms with Crippen LogP contribution in [-0.2, 0) is 16.0 Å². The third-order valence-electron chi connectivity index (χ3n) is 2.64. The minimum atomic E-state index is -0.780. The highest BCUT2D eigenvalue weighted by molar-refractivity contribution is 9.10. The fraction of sp³-hybridized carbons (Fsp3) is 0.500. The lowest BCUT2D eigenvalue weighted by molar-refractivity contribution is 0.0545. The van der Waals surface area contributed by atoms with E-state index >= 15 is 0 Å². The Kier molecular flexibility index (Phi) is 7.77. The second kappa shape index (κ2) is 9.16. The summed E-state index contributed by atoms with van der Waals surface area (Å²) >= 11 is 3.10. The van der Waals surface area contributed by atoms with Gasteiger partial charge in [0.25, 0.3) is 0 Å². The standard InChI is InChI=1S/C18H25BrFN3O4/c1-17(2,3)26-15(24)22-14(23-16(25)27-18(4,5)6)21-10-11-7-8-13(20)12(19)9-11/h7-9H,10H2,1-6H3,(H2,21,22,23,24,25). The Morgan fingerprint density at radius 1 is 1.04 bits per heavy atom. The Morgan fingerprint density at radius 3 is 1.93 bits per heavy atom. The number of hydrogen-bond donors (Lipinski definition) is 2. The van der Waals surface area contributed by atoms with Crippen LogP contribution in [0, 0.1) is 5.82 Å². The molecule has 0 saturated carbocycles. The van der Waals surface area contributed by atoms with Crippen LogP contribution < -0.4 is 10.6 Å². The highest BCUT2D eigenvalue weighted by Crippen LogP contribution is 2.17. The first-order valence-electron chi connectivity index (χ1n) is 8.23. The van der Waals surface area contributed by atoms with Crippen molar-refractivity contribution in [3.8, 4) is 0 Å². The monoisotopic (exact) mass is 445 g/mol. The molecule has 0 aliphatic heterocycles. The van der Waals surface area contributed by atoms with Crippen molar-refractivity contribution in [3.63, 3.8) is 0 Å². The molecule has 1 rings (SSSR count). The molecule has 0 spiro atoms. The van der Waals surface area contributed by atoms with E-state index in [0.717, 1.165) is 0 Å². The van der Waals surface area contributed by atoms with Gasteiger partial charge in [-0.1, -0.05) is 6.07 Å². The number of halogens is 2. The molecule has 0 aromatic heterocycles. The van der Waals surface area contributed by atoms with Crippen LogP contribution in [0.1, 0.15) is 47.1 Å². The highest BCUT2D eigenvalue weighted by Gasteiger charge is 2.21. The van der Waals surface area contributed by atoms with E-state index < -0.39 is 29.2 Å². The van der Waals surface area contributed by atoms with Crippen LogP contribution in [0.25, 0.3) is 0 Å². The van der Waals surface area contributed by atoms with Crippen LogP contribution in [-0.4, -0.2) is 29.3 Å². The first-order valence-corrected chi connectivity index (χ1v) is 9.03.